The van der Waals surface area contributed by atoms with E-state index >= 15 is 0 Å². The molecule has 1 amide bonds. The van der Waals surface area contributed by atoms with Gasteiger partial charge >= 0.3 is 0 Å². The minimum atomic E-state index is -0.218. The zero-order valence-corrected chi connectivity index (χ0v) is 19.7. The van der Waals surface area contributed by atoms with Crippen LogP contribution >= 0.6 is 0 Å². The van der Waals surface area contributed by atoms with E-state index in [9.17, 15) is 9.18 Å². The zero-order chi connectivity index (χ0) is 23.7. The lowest BCUT2D eigenvalue weighted by atomic mass is 9.89. The van der Waals surface area contributed by atoms with Gasteiger partial charge in [0.05, 0.1) is 25.3 Å². The number of amides is 1. The van der Waals surface area contributed by atoms with Gasteiger partial charge in [-0.2, -0.15) is 5.10 Å². The first-order chi connectivity index (χ1) is 16.5. The molecule has 2 fully saturated rings. The normalized spacial score (nSPS) is 22.5. The molecule has 0 radical (unpaired) electrons. The third kappa shape index (κ3) is 4.76. The fraction of sp³-hybridized carbons (Fsp3) is 0.407. The molecule has 0 unspecified atom stereocenters. The molecule has 34 heavy (non-hydrogen) atoms. The number of benzene rings is 2. The average molecular weight is 463 g/mol. The number of aromatic nitrogens is 2. The van der Waals surface area contributed by atoms with Crippen LogP contribution in [-0.4, -0.2) is 51.9 Å². The number of carbonyl (C=O) groups excluding carboxylic acids is 1. The summed E-state index contributed by atoms with van der Waals surface area (Å²) in [7, 11) is 0. The molecule has 2 aliphatic rings. The number of carbonyl (C=O) groups is 1. The van der Waals surface area contributed by atoms with Crippen molar-refractivity contribution in [2.75, 3.05) is 13.2 Å². The lowest BCUT2D eigenvalue weighted by Crippen LogP contribution is -2.60. The van der Waals surface area contributed by atoms with E-state index in [1.807, 2.05) is 41.1 Å². The number of rotatable bonds is 6. The van der Waals surface area contributed by atoms with Gasteiger partial charge in [0.15, 0.2) is 5.69 Å². The van der Waals surface area contributed by atoms with E-state index in [1.54, 1.807) is 0 Å². The molecule has 0 saturated carbocycles. The lowest BCUT2D eigenvalue weighted by molar-refractivity contribution is -0.0843. The smallest absolute Gasteiger partial charge is 0.272 e. The molecule has 3 aromatic rings. The van der Waals surface area contributed by atoms with Crippen LogP contribution in [0, 0.1) is 5.82 Å². The Hall–Kier alpha value is -3.03. The molecule has 7 heteroatoms. The van der Waals surface area contributed by atoms with Gasteiger partial charge in [-0.15, -0.1) is 0 Å². The summed E-state index contributed by atoms with van der Waals surface area (Å²) in [5.41, 5.74) is 3.75. The number of fused-ring (bicyclic) bond motifs is 3. The molecule has 1 aromatic heterocycles. The van der Waals surface area contributed by atoms with Gasteiger partial charge in [0.1, 0.15) is 5.82 Å². The summed E-state index contributed by atoms with van der Waals surface area (Å²) in [5, 5.41) is 8.81. The number of piperidine rings is 1. The fourth-order valence-electron chi connectivity index (χ4n) is 5.12. The Morgan fingerprint density at radius 3 is 2.53 bits per heavy atom. The number of para-hydroxylation sites is 1. The number of hydrogen-bond donors (Lipinski definition) is 1. The average Bonchev–Trinajstić information content (AvgIpc) is 3.18. The van der Waals surface area contributed by atoms with Crippen molar-refractivity contribution in [3.05, 3.63) is 77.3 Å². The van der Waals surface area contributed by atoms with Gasteiger partial charge in [-0.1, -0.05) is 42.0 Å². The number of ether oxygens (including phenoxy) is 1. The minimum absolute atomic E-state index is 0.0672. The van der Waals surface area contributed by atoms with E-state index in [4.69, 9.17) is 4.74 Å². The molecule has 178 valence electrons. The molecule has 5 rings (SSSR count). The predicted molar refractivity (Wildman–Crippen MR) is 130 cm³/mol. The largest absolute Gasteiger partial charge is 0.378 e. The number of nitrogens with one attached hydrogen (secondary N) is 1. The second-order valence-corrected chi connectivity index (χ2v) is 9.62. The van der Waals surface area contributed by atoms with Crippen molar-refractivity contribution in [1.82, 2.24) is 20.0 Å². The van der Waals surface area contributed by atoms with Gasteiger partial charge in [0.2, 0.25) is 0 Å². The van der Waals surface area contributed by atoms with Crippen molar-refractivity contribution in [3.8, 4) is 0 Å². The molecular formula is C27H31FN4O2. The molecule has 3 atom stereocenters. The number of hydrogen-bond acceptors (Lipinski definition) is 4. The number of halogens is 1. The highest BCUT2D eigenvalue weighted by molar-refractivity contribution is 6.05. The van der Waals surface area contributed by atoms with Crippen LogP contribution in [0.25, 0.3) is 10.9 Å². The van der Waals surface area contributed by atoms with Crippen molar-refractivity contribution in [2.24, 2.45) is 0 Å². The van der Waals surface area contributed by atoms with Gasteiger partial charge < -0.3 is 10.1 Å². The Balaban J connectivity index is 1.30. The summed E-state index contributed by atoms with van der Waals surface area (Å²) in [4.78, 5) is 15.8. The first-order valence-electron chi connectivity index (χ1n) is 12.0. The summed E-state index contributed by atoms with van der Waals surface area (Å²) in [6.45, 7) is 6.80. The van der Waals surface area contributed by atoms with Crippen LogP contribution in [-0.2, 0) is 17.8 Å². The van der Waals surface area contributed by atoms with E-state index in [1.165, 1.54) is 17.7 Å². The molecule has 1 N–H and O–H groups in total. The number of allylic oxidation sites excluding steroid dienone is 2. The minimum Gasteiger partial charge on any atom is -0.378 e. The van der Waals surface area contributed by atoms with E-state index in [-0.39, 0.29) is 29.8 Å². The topological polar surface area (TPSA) is 59.4 Å². The van der Waals surface area contributed by atoms with Crippen molar-refractivity contribution in [1.29, 1.82) is 0 Å². The van der Waals surface area contributed by atoms with Crippen LogP contribution in [0.2, 0.25) is 0 Å². The molecule has 0 spiro atoms. The maximum absolute atomic E-state index is 13.3. The Bertz CT molecular complexity index is 1190. The summed E-state index contributed by atoms with van der Waals surface area (Å²) >= 11 is 0. The van der Waals surface area contributed by atoms with Crippen molar-refractivity contribution in [3.63, 3.8) is 0 Å². The summed E-state index contributed by atoms with van der Waals surface area (Å²) in [6, 6.07) is 15.1. The summed E-state index contributed by atoms with van der Waals surface area (Å²) in [5.74, 6) is -0.340. The van der Waals surface area contributed by atoms with E-state index < -0.39 is 0 Å². The van der Waals surface area contributed by atoms with Crippen molar-refractivity contribution >= 4 is 16.8 Å². The van der Waals surface area contributed by atoms with Crippen LogP contribution in [0.4, 0.5) is 4.39 Å². The van der Waals surface area contributed by atoms with Gasteiger partial charge in [-0.05, 0) is 50.5 Å². The van der Waals surface area contributed by atoms with Crippen LogP contribution in [0.3, 0.4) is 0 Å². The van der Waals surface area contributed by atoms with Crippen LogP contribution in [0.1, 0.15) is 42.7 Å². The van der Waals surface area contributed by atoms with Gasteiger partial charge in [-0.25, -0.2) is 4.39 Å². The maximum atomic E-state index is 13.3. The SMILES string of the molecule is CC(C)=CCn1nc(C(=O)N[C@H]2C[C@H]3COC[C@@H](C2)N3Cc2ccc(F)cc2)c2ccccc21. The molecule has 6 nitrogen and oxygen atoms in total. The first-order valence-corrected chi connectivity index (χ1v) is 12.0. The monoisotopic (exact) mass is 462 g/mol. The molecule has 3 heterocycles. The van der Waals surface area contributed by atoms with Gasteiger partial charge in [0, 0.05) is 30.1 Å². The fourth-order valence-corrected chi connectivity index (χ4v) is 5.12. The molecule has 2 saturated heterocycles. The van der Waals surface area contributed by atoms with E-state index in [0.717, 1.165) is 35.9 Å². The Morgan fingerprint density at radius 1 is 1.12 bits per heavy atom. The highest BCUT2D eigenvalue weighted by Gasteiger charge is 2.39. The molecule has 2 aromatic carbocycles. The zero-order valence-electron chi connectivity index (χ0n) is 19.7. The second kappa shape index (κ2) is 9.68. The van der Waals surface area contributed by atoms with Gasteiger partial charge in [0.25, 0.3) is 5.91 Å². The summed E-state index contributed by atoms with van der Waals surface area (Å²) in [6.07, 6.45) is 3.75. The van der Waals surface area contributed by atoms with E-state index in [2.05, 4.69) is 35.2 Å². The first kappa shape index (κ1) is 22.7. The third-order valence-electron chi connectivity index (χ3n) is 6.83. The van der Waals surface area contributed by atoms with Crippen LogP contribution in [0.5, 0.6) is 0 Å². The summed E-state index contributed by atoms with van der Waals surface area (Å²) < 4.78 is 21.0. The molecule has 0 aliphatic carbocycles. The standard InChI is InChI=1S/C27H31FN4O2/c1-18(2)11-12-32-25-6-4-3-5-24(25)26(30-32)27(33)29-21-13-22-16-34-17-23(14-21)31(22)15-19-7-9-20(28)10-8-19/h3-11,21-23H,12-17H2,1-2H3,(H,29,33)/t21-,22-,23+. The van der Waals surface area contributed by atoms with Crippen molar-refractivity contribution in [2.45, 2.75) is 57.9 Å². The molecule has 2 aliphatic heterocycles. The van der Waals surface area contributed by atoms with Crippen LogP contribution in [0.15, 0.2) is 60.2 Å². The van der Waals surface area contributed by atoms with Crippen molar-refractivity contribution < 1.29 is 13.9 Å². The number of nitrogens with zero attached hydrogens (tertiary/aromatic N) is 3. The maximum Gasteiger partial charge on any atom is 0.272 e. The second-order valence-electron chi connectivity index (χ2n) is 9.62. The molecular weight excluding hydrogens is 431 g/mol. The van der Waals surface area contributed by atoms with Crippen LogP contribution < -0.4 is 5.32 Å². The Morgan fingerprint density at radius 2 is 1.82 bits per heavy atom. The van der Waals surface area contributed by atoms with Gasteiger partial charge in [-0.3, -0.25) is 14.4 Å². The predicted octanol–water partition coefficient (Wildman–Crippen LogP) is 4.30. The number of morpholine rings is 1. The molecule has 2 bridgehead atoms. The Kier molecular flexibility index (Phi) is 6.48. The Labute approximate surface area is 199 Å². The quantitative estimate of drug-likeness (QED) is 0.555. The lowest BCUT2D eigenvalue weighted by Gasteiger charge is -2.48. The highest BCUT2D eigenvalue weighted by atomic mass is 19.1. The highest BCUT2D eigenvalue weighted by Crippen LogP contribution is 2.30. The third-order valence-corrected chi connectivity index (χ3v) is 6.83. The van der Waals surface area contributed by atoms with E-state index in [0.29, 0.717) is 25.5 Å².